The maximum Gasteiger partial charge on any atom is 0.230 e. The molecule has 0 aliphatic rings. The van der Waals surface area contributed by atoms with Crippen LogP contribution in [0.4, 0.5) is 0 Å². The lowest BCUT2D eigenvalue weighted by Crippen LogP contribution is -2.14. The average molecular weight is 324 g/mol. The summed E-state index contributed by atoms with van der Waals surface area (Å²) < 4.78 is 2.92. The van der Waals surface area contributed by atoms with E-state index >= 15 is 0 Å². The van der Waals surface area contributed by atoms with Crippen molar-refractivity contribution in [1.29, 1.82) is 0 Å². The maximum atomic E-state index is 11.7. The highest BCUT2D eigenvalue weighted by Gasteiger charge is 2.02. The zero-order valence-corrected chi connectivity index (χ0v) is 15.6. The summed E-state index contributed by atoms with van der Waals surface area (Å²) in [4.78, 5) is 12.8. The number of hydrogen-bond acceptors (Lipinski definition) is 2. The molecule has 0 atom stereocenters. The Labute approximate surface area is 141 Å². The lowest BCUT2D eigenvalue weighted by atomic mass is 10.1. The van der Waals surface area contributed by atoms with E-state index in [1.165, 1.54) is 49.6 Å². The Morgan fingerprint density at radius 2 is 1.55 bits per heavy atom. The third-order valence-electron chi connectivity index (χ3n) is 3.37. The second kappa shape index (κ2) is 15.0. The van der Waals surface area contributed by atoms with E-state index in [-0.39, 0.29) is 5.91 Å². The molecule has 0 unspecified atom stereocenters. The van der Waals surface area contributed by atoms with Gasteiger partial charge in [0.15, 0.2) is 0 Å². The number of carbonyl (C=O) groups is 1. The molecule has 0 heterocycles. The van der Waals surface area contributed by atoms with Crippen molar-refractivity contribution >= 4 is 17.9 Å². The summed E-state index contributed by atoms with van der Waals surface area (Å²) in [5.74, 6) is 0.144. The Balaban J connectivity index is 0.00000211. The van der Waals surface area contributed by atoms with Crippen molar-refractivity contribution in [2.45, 2.75) is 84.0 Å². The van der Waals surface area contributed by atoms with Crippen molar-refractivity contribution < 1.29 is 4.79 Å². The van der Waals surface area contributed by atoms with Crippen LogP contribution in [0.3, 0.4) is 0 Å². The lowest BCUT2D eigenvalue weighted by molar-refractivity contribution is -0.119. The SMILES string of the molecule is CC.CCCCCCCCC(=O)NSc1ccc(CC)cc1. The second-order valence-corrected chi connectivity index (χ2v) is 6.02. The van der Waals surface area contributed by atoms with Gasteiger partial charge in [0.2, 0.25) is 5.91 Å². The van der Waals surface area contributed by atoms with E-state index < -0.39 is 0 Å². The maximum absolute atomic E-state index is 11.7. The normalized spacial score (nSPS) is 9.82. The first-order chi connectivity index (χ1) is 10.8. The van der Waals surface area contributed by atoms with Crippen LogP contribution in [0.5, 0.6) is 0 Å². The van der Waals surface area contributed by atoms with E-state index in [2.05, 4.69) is 42.8 Å². The lowest BCUT2D eigenvalue weighted by Gasteiger charge is -2.05. The van der Waals surface area contributed by atoms with E-state index in [0.717, 1.165) is 17.7 Å². The average Bonchev–Trinajstić information content (AvgIpc) is 2.58. The molecule has 0 saturated carbocycles. The summed E-state index contributed by atoms with van der Waals surface area (Å²) in [6, 6.07) is 8.35. The van der Waals surface area contributed by atoms with Crippen LogP contribution in [0.15, 0.2) is 29.2 Å². The zero-order valence-electron chi connectivity index (χ0n) is 14.8. The van der Waals surface area contributed by atoms with E-state index in [1.807, 2.05) is 13.8 Å². The van der Waals surface area contributed by atoms with Crippen molar-refractivity contribution in [2.24, 2.45) is 0 Å². The third kappa shape index (κ3) is 10.7. The number of rotatable bonds is 10. The van der Waals surface area contributed by atoms with Crippen molar-refractivity contribution in [1.82, 2.24) is 4.72 Å². The molecule has 0 spiro atoms. The molecule has 1 rings (SSSR count). The van der Waals surface area contributed by atoms with Crippen LogP contribution in [0.1, 0.15) is 78.2 Å². The molecular formula is C19H33NOS. The molecule has 126 valence electrons. The standard InChI is InChI=1S/C17H27NOS.C2H6/c1-3-5-6-7-8-9-10-17(19)18-20-16-13-11-15(4-2)12-14-16;1-2/h11-14H,3-10H2,1-2H3,(H,18,19);1-2H3. The minimum Gasteiger partial charge on any atom is -0.296 e. The molecule has 1 aromatic rings. The minimum absolute atomic E-state index is 0.144. The Kier molecular flexibility index (Phi) is 14.3. The van der Waals surface area contributed by atoms with Crippen LogP contribution in [-0.2, 0) is 11.2 Å². The second-order valence-electron chi connectivity index (χ2n) is 5.14. The van der Waals surface area contributed by atoms with E-state index in [0.29, 0.717) is 6.42 Å². The first-order valence-electron chi connectivity index (χ1n) is 8.81. The summed E-state index contributed by atoms with van der Waals surface area (Å²) in [7, 11) is 0. The molecular weight excluding hydrogens is 290 g/mol. The number of nitrogens with one attached hydrogen (secondary N) is 1. The number of aryl methyl sites for hydroxylation is 1. The molecule has 0 aliphatic carbocycles. The van der Waals surface area contributed by atoms with Crippen LogP contribution in [-0.4, -0.2) is 5.91 Å². The fraction of sp³-hybridized carbons (Fsp3) is 0.632. The molecule has 0 fully saturated rings. The molecule has 0 saturated heterocycles. The van der Waals surface area contributed by atoms with E-state index in [9.17, 15) is 4.79 Å². The number of carbonyl (C=O) groups excluding carboxylic acids is 1. The van der Waals surface area contributed by atoms with E-state index in [1.54, 1.807) is 0 Å². The zero-order chi connectivity index (χ0) is 16.6. The summed E-state index contributed by atoms with van der Waals surface area (Å²) in [5.41, 5.74) is 1.33. The first kappa shape index (κ1) is 21.0. The highest BCUT2D eigenvalue weighted by molar-refractivity contribution is 7.98. The summed E-state index contributed by atoms with van der Waals surface area (Å²) in [6.45, 7) is 8.36. The molecule has 2 nitrogen and oxygen atoms in total. The van der Waals surface area contributed by atoms with Gasteiger partial charge in [-0.3, -0.25) is 9.52 Å². The third-order valence-corrected chi connectivity index (χ3v) is 4.21. The Hall–Kier alpha value is -0.960. The highest BCUT2D eigenvalue weighted by Crippen LogP contribution is 2.16. The molecule has 0 aromatic heterocycles. The number of amides is 1. The monoisotopic (exact) mass is 323 g/mol. The highest BCUT2D eigenvalue weighted by atomic mass is 32.2. The van der Waals surface area contributed by atoms with Gasteiger partial charge < -0.3 is 0 Å². The number of unbranched alkanes of at least 4 members (excludes halogenated alkanes) is 5. The molecule has 1 aromatic carbocycles. The van der Waals surface area contributed by atoms with Crippen LogP contribution >= 0.6 is 11.9 Å². The van der Waals surface area contributed by atoms with Crippen LogP contribution in [0, 0.1) is 0 Å². The minimum atomic E-state index is 0.144. The molecule has 0 aliphatic heterocycles. The quantitative estimate of drug-likeness (QED) is 0.413. The van der Waals surface area contributed by atoms with E-state index in [4.69, 9.17) is 0 Å². The van der Waals surface area contributed by atoms with Crippen molar-refractivity contribution in [2.75, 3.05) is 0 Å². The van der Waals surface area contributed by atoms with Crippen molar-refractivity contribution in [3.8, 4) is 0 Å². The molecule has 0 radical (unpaired) electrons. The Bertz CT molecular complexity index is 376. The van der Waals surface area contributed by atoms with Gasteiger partial charge >= 0.3 is 0 Å². The fourth-order valence-electron chi connectivity index (χ4n) is 2.03. The smallest absolute Gasteiger partial charge is 0.230 e. The van der Waals surface area contributed by atoms with Gasteiger partial charge in [-0.05, 0) is 42.5 Å². The number of hydrogen-bond donors (Lipinski definition) is 1. The van der Waals surface area contributed by atoms with Gasteiger partial charge in [0.05, 0.1) is 0 Å². The fourth-order valence-corrected chi connectivity index (χ4v) is 2.63. The van der Waals surface area contributed by atoms with Crippen LogP contribution < -0.4 is 4.72 Å². The van der Waals surface area contributed by atoms with Gasteiger partial charge in [-0.1, -0.05) is 71.9 Å². The topological polar surface area (TPSA) is 29.1 Å². The van der Waals surface area contributed by atoms with Gasteiger partial charge in [0.1, 0.15) is 0 Å². The van der Waals surface area contributed by atoms with Gasteiger partial charge in [-0.15, -0.1) is 0 Å². The van der Waals surface area contributed by atoms with Gasteiger partial charge in [0.25, 0.3) is 0 Å². The summed E-state index contributed by atoms with van der Waals surface area (Å²) >= 11 is 1.42. The predicted molar refractivity (Wildman–Crippen MR) is 99.2 cm³/mol. The summed E-state index contributed by atoms with van der Waals surface area (Å²) in [6.07, 6.45) is 9.02. The van der Waals surface area contributed by atoms with Crippen LogP contribution in [0.2, 0.25) is 0 Å². The molecule has 1 amide bonds. The molecule has 1 N–H and O–H groups in total. The number of benzene rings is 1. The molecule has 22 heavy (non-hydrogen) atoms. The predicted octanol–water partition coefficient (Wildman–Crippen LogP) is 6.15. The molecule has 0 bridgehead atoms. The Morgan fingerprint density at radius 1 is 0.955 bits per heavy atom. The largest absolute Gasteiger partial charge is 0.296 e. The van der Waals surface area contributed by atoms with Gasteiger partial charge in [-0.2, -0.15) is 0 Å². The van der Waals surface area contributed by atoms with Crippen molar-refractivity contribution in [3.05, 3.63) is 29.8 Å². The van der Waals surface area contributed by atoms with Crippen LogP contribution in [0.25, 0.3) is 0 Å². The first-order valence-corrected chi connectivity index (χ1v) is 9.62. The summed E-state index contributed by atoms with van der Waals surface area (Å²) in [5, 5.41) is 0. The van der Waals surface area contributed by atoms with Gasteiger partial charge in [0, 0.05) is 11.3 Å². The molecule has 3 heteroatoms. The van der Waals surface area contributed by atoms with Crippen molar-refractivity contribution in [3.63, 3.8) is 0 Å². The van der Waals surface area contributed by atoms with Gasteiger partial charge in [-0.25, -0.2) is 0 Å². The Morgan fingerprint density at radius 3 is 2.14 bits per heavy atom.